The van der Waals surface area contributed by atoms with Crippen LogP contribution in [-0.2, 0) is 19.4 Å². The average Bonchev–Trinajstić information content (AvgIpc) is 3.42. The zero-order valence-corrected chi connectivity index (χ0v) is 18.8. The molecule has 0 spiro atoms. The third-order valence-electron chi connectivity index (χ3n) is 5.77. The summed E-state index contributed by atoms with van der Waals surface area (Å²) in [6, 6.07) is 7.47. The van der Waals surface area contributed by atoms with Gasteiger partial charge in [-0.2, -0.15) is 0 Å². The van der Waals surface area contributed by atoms with Crippen molar-refractivity contribution >= 4 is 28.5 Å². The SMILES string of the molecule is Cc1ccc(C=Nc2sc3c(c2C(=O)NCc2ccco2)CC[C@H](C(C)(C)C)C3)o1. The van der Waals surface area contributed by atoms with Gasteiger partial charge in [-0.1, -0.05) is 20.8 Å². The summed E-state index contributed by atoms with van der Waals surface area (Å²) in [7, 11) is 0. The molecule has 1 N–H and O–H groups in total. The zero-order valence-electron chi connectivity index (χ0n) is 18.0. The normalized spacial score (nSPS) is 16.7. The van der Waals surface area contributed by atoms with Crippen molar-refractivity contribution in [2.75, 3.05) is 0 Å². The van der Waals surface area contributed by atoms with E-state index in [4.69, 9.17) is 8.83 Å². The Balaban J connectivity index is 1.64. The molecular weight excluding hydrogens is 396 g/mol. The van der Waals surface area contributed by atoms with Gasteiger partial charge in [-0.3, -0.25) is 4.79 Å². The van der Waals surface area contributed by atoms with Crippen molar-refractivity contribution in [3.8, 4) is 0 Å². The van der Waals surface area contributed by atoms with E-state index in [9.17, 15) is 4.79 Å². The van der Waals surface area contributed by atoms with E-state index in [-0.39, 0.29) is 11.3 Å². The van der Waals surface area contributed by atoms with E-state index in [1.807, 2.05) is 31.2 Å². The summed E-state index contributed by atoms with van der Waals surface area (Å²) in [5.41, 5.74) is 2.10. The number of carbonyl (C=O) groups is 1. The second kappa shape index (κ2) is 8.26. The highest BCUT2D eigenvalue weighted by molar-refractivity contribution is 7.16. The van der Waals surface area contributed by atoms with Gasteiger partial charge in [-0.15, -0.1) is 11.3 Å². The number of amides is 1. The first-order valence-corrected chi connectivity index (χ1v) is 11.2. The third kappa shape index (κ3) is 4.43. The van der Waals surface area contributed by atoms with Crippen molar-refractivity contribution in [1.29, 1.82) is 0 Å². The maximum Gasteiger partial charge on any atom is 0.255 e. The van der Waals surface area contributed by atoms with Crippen LogP contribution in [-0.4, -0.2) is 12.1 Å². The minimum absolute atomic E-state index is 0.0964. The molecule has 0 aliphatic heterocycles. The quantitative estimate of drug-likeness (QED) is 0.505. The summed E-state index contributed by atoms with van der Waals surface area (Å²) in [5.74, 6) is 2.77. The van der Waals surface area contributed by atoms with Gasteiger partial charge in [-0.25, -0.2) is 4.99 Å². The summed E-state index contributed by atoms with van der Waals surface area (Å²) in [6.07, 6.45) is 6.31. The maximum atomic E-state index is 13.1. The topological polar surface area (TPSA) is 67.7 Å². The number of nitrogens with zero attached hydrogens (tertiary/aromatic N) is 1. The lowest BCUT2D eigenvalue weighted by atomic mass is 9.72. The monoisotopic (exact) mass is 424 g/mol. The number of fused-ring (bicyclic) bond motifs is 1. The highest BCUT2D eigenvalue weighted by Crippen LogP contribution is 2.45. The molecule has 0 saturated carbocycles. The number of nitrogens with one attached hydrogen (secondary N) is 1. The Bertz CT molecular complexity index is 1050. The van der Waals surface area contributed by atoms with Crippen LogP contribution < -0.4 is 5.32 Å². The molecule has 6 heteroatoms. The summed E-state index contributed by atoms with van der Waals surface area (Å²) in [5, 5.41) is 3.75. The van der Waals surface area contributed by atoms with Crippen molar-refractivity contribution in [2.45, 2.75) is 53.5 Å². The lowest BCUT2D eigenvalue weighted by Crippen LogP contribution is -2.28. The molecule has 1 atom stereocenters. The molecule has 0 saturated heterocycles. The van der Waals surface area contributed by atoms with E-state index < -0.39 is 0 Å². The number of aryl methyl sites for hydroxylation is 1. The minimum atomic E-state index is -0.0964. The van der Waals surface area contributed by atoms with Crippen molar-refractivity contribution in [2.24, 2.45) is 16.3 Å². The lowest BCUT2D eigenvalue weighted by molar-refractivity contribution is 0.0947. The number of rotatable bonds is 5. The molecule has 30 heavy (non-hydrogen) atoms. The van der Waals surface area contributed by atoms with Crippen LogP contribution in [0.2, 0.25) is 0 Å². The largest absolute Gasteiger partial charge is 0.467 e. The second-order valence-electron chi connectivity index (χ2n) is 8.96. The number of aliphatic imine (C=N–C) groups is 1. The molecule has 3 aromatic heterocycles. The van der Waals surface area contributed by atoms with Crippen LogP contribution in [0, 0.1) is 18.3 Å². The Morgan fingerprint density at radius 1 is 1.33 bits per heavy atom. The predicted octanol–water partition coefficient (Wildman–Crippen LogP) is 6.07. The smallest absolute Gasteiger partial charge is 0.255 e. The van der Waals surface area contributed by atoms with Crippen LogP contribution in [0.1, 0.15) is 65.3 Å². The molecule has 1 aliphatic rings. The van der Waals surface area contributed by atoms with Crippen molar-refractivity contribution in [3.05, 3.63) is 63.8 Å². The molecule has 1 amide bonds. The van der Waals surface area contributed by atoms with Gasteiger partial charge in [-0.05, 0) is 67.3 Å². The standard InChI is InChI=1S/C24H28N2O3S/c1-15-7-9-18(29-15)14-26-23-21(22(27)25-13-17-6-5-11-28-17)19-10-8-16(24(2,3)4)12-20(19)30-23/h5-7,9,11,14,16H,8,10,12-13H2,1-4H3,(H,25,27)/t16-/m0/s1. The molecule has 4 rings (SSSR count). The summed E-state index contributed by atoms with van der Waals surface area (Å²) in [6.45, 7) is 9.16. The van der Waals surface area contributed by atoms with Crippen molar-refractivity contribution in [1.82, 2.24) is 5.32 Å². The Labute approximate surface area is 181 Å². The van der Waals surface area contributed by atoms with Crippen LogP contribution in [0.4, 0.5) is 5.00 Å². The molecular formula is C24H28N2O3S. The van der Waals surface area contributed by atoms with E-state index in [1.54, 1.807) is 23.8 Å². The molecule has 3 aromatic rings. The minimum Gasteiger partial charge on any atom is -0.467 e. The molecule has 0 unspecified atom stereocenters. The van der Waals surface area contributed by atoms with Gasteiger partial charge in [0.1, 0.15) is 22.3 Å². The predicted molar refractivity (Wildman–Crippen MR) is 120 cm³/mol. The Morgan fingerprint density at radius 3 is 2.83 bits per heavy atom. The summed E-state index contributed by atoms with van der Waals surface area (Å²) >= 11 is 1.64. The number of hydrogen-bond donors (Lipinski definition) is 1. The zero-order chi connectivity index (χ0) is 21.3. The molecule has 3 heterocycles. The molecule has 0 radical (unpaired) electrons. The van der Waals surface area contributed by atoms with E-state index in [0.29, 0.717) is 23.8 Å². The molecule has 0 aromatic carbocycles. The Morgan fingerprint density at radius 2 is 2.17 bits per heavy atom. The second-order valence-corrected chi connectivity index (χ2v) is 10.0. The summed E-state index contributed by atoms with van der Waals surface area (Å²) < 4.78 is 11.0. The van der Waals surface area contributed by atoms with Crippen molar-refractivity contribution in [3.63, 3.8) is 0 Å². The molecule has 1 aliphatic carbocycles. The first kappa shape index (κ1) is 20.7. The molecule has 0 bridgehead atoms. The number of thiophene rings is 1. The lowest BCUT2D eigenvalue weighted by Gasteiger charge is -2.33. The maximum absolute atomic E-state index is 13.1. The fourth-order valence-corrected chi connectivity index (χ4v) is 5.22. The van der Waals surface area contributed by atoms with Crippen LogP contribution in [0.15, 0.2) is 44.4 Å². The van der Waals surface area contributed by atoms with Gasteiger partial charge in [0.25, 0.3) is 5.91 Å². The molecule has 0 fully saturated rings. The molecule has 158 valence electrons. The average molecular weight is 425 g/mol. The Hall–Kier alpha value is -2.60. The van der Waals surface area contributed by atoms with Gasteiger partial charge < -0.3 is 14.2 Å². The highest BCUT2D eigenvalue weighted by Gasteiger charge is 2.33. The Kier molecular flexibility index (Phi) is 5.69. The van der Waals surface area contributed by atoms with Gasteiger partial charge in [0, 0.05) is 4.88 Å². The van der Waals surface area contributed by atoms with Crippen LogP contribution >= 0.6 is 11.3 Å². The number of carbonyl (C=O) groups excluding carboxylic acids is 1. The van der Waals surface area contributed by atoms with Crippen LogP contribution in [0.25, 0.3) is 0 Å². The van der Waals surface area contributed by atoms with Crippen LogP contribution in [0.3, 0.4) is 0 Å². The van der Waals surface area contributed by atoms with Gasteiger partial charge in [0.05, 0.1) is 24.6 Å². The number of hydrogen-bond acceptors (Lipinski definition) is 5. The first-order valence-electron chi connectivity index (χ1n) is 10.4. The van der Waals surface area contributed by atoms with Gasteiger partial charge >= 0.3 is 0 Å². The van der Waals surface area contributed by atoms with Gasteiger partial charge in [0.15, 0.2) is 0 Å². The fraction of sp³-hybridized carbons (Fsp3) is 0.417. The third-order valence-corrected chi connectivity index (χ3v) is 6.93. The van der Waals surface area contributed by atoms with E-state index in [0.717, 1.165) is 41.3 Å². The summed E-state index contributed by atoms with van der Waals surface area (Å²) in [4.78, 5) is 19.1. The fourth-order valence-electron chi connectivity index (χ4n) is 3.95. The van der Waals surface area contributed by atoms with Crippen molar-refractivity contribution < 1.29 is 13.6 Å². The van der Waals surface area contributed by atoms with E-state index in [1.165, 1.54) is 4.88 Å². The molecule has 5 nitrogen and oxygen atoms in total. The number of furan rings is 2. The van der Waals surface area contributed by atoms with E-state index in [2.05, 4.69) is 31.1 Å². The first-order chi connectivity index (χ1) is 14.3. The van der Waals surface area contributed by atoms with E-state index >= 15 is 0 Å². The van der Waals surface area contributed by atoms with Crippen LogP contribution in [0.5, 0.6) is 0 Å². The van der Waals surface area contributed by atoms with Gasteiger partial charge in [0.2, 0.25) is 0 Å². The highest BCUT2D eigenvalue weighted by atomic mass is 32.1.